The molecule has 0 radical (unpaired) electrons. The Morgan fingerprint density at radius 1 is 0.941 bits per heavy atom. The number of carbonyl (C=O) groups excluding carboxylic acids is 3. The van der Waals surface area contributed by atoms with Gasteiger partial charge in [0.25, 0.3) is 5.91 Å². The second-order valence-corrected chi connectivity index (χ2v) is 7.66. The monoisotopic (exact) mass is 457 g/mol. The Morgan fingerprint density at radius 2 is 1.59 bits per heavy atom. The van der Waals surface area contributed by atoms with Crippen LogP contribution in [0.15, 0.2) is 84.0 Å². The molecule has 2 amide bonds. The number of amides is 2. The van der Waals surface area contributed by atoms with Crippen LogP contribution >= 0.6 is 0 Å². The van der Waals surface area contributed by atoms with Gasteiger partial charge in [0.15, 0.2) is 6.61 Å². The van der Waals surface area contributed by atoms with E-state index in [-0.39, 0.29) is 17.2 Å². The first-order valence-electron chi connectivity index (χ1n) is 10.6. The van der Waals surface area contributed by atoms with E-state index in [0.29, 0.717) is 12.2 Å². The van der Waals surface area contributed by atoms with Crippen LogP contribution in [0.4, 0.5) is 0 Å². The number of ether oxygens (including phenoxy) is 2. The third-order valence-electron chi connectivity index (χ3n) is 5.51. The number of rotatable bonds is 7. The first-order valence-corrected chi connectivity index (χ1v) is 10.6. The molecule has 34 heavy (non-hydrogen) atoms. The highest BCUT2D eigenvalue weighted by Gasteiger charge is 2.33. The summed E-state index contributed by atoms with van der Waals surface area (Å²) in [7, 11) is 1.59. The van der Waals surface area contributed by atoms with Gasteiger partial charge in [-0.15, -0.1) is 0 Å². The van der Waals surface area contributed by atoms with E-state index >= 15 is 0 Å². The SMILES string of the molecule is COc1ccc([C@@H]2CC(c3ccccc3)=NN2C(=O)COC(=O)c2ccc(C(N)=O)cc2)cc1. The van der Waals surface area contributed by atoms with Crippen molar-refractivity contribution in [3.63, 3.8) is 0 Å². The summed E-state index contributed by atoms with van der Waals surface area (Å²) in [6.45, 7) is -0.478. The van der Waals surface area contributed by atoms with Gasteiger partial charge < -0.3 is 15.2 Å². The molecular weight excluding hydrogens is 434 g/mol. The van der Waals surface area contributed by atoms with Crippen LogP contribution in [-0.4, -0.2) is 42.2 Å². The Morgan fingerprint density at radius 3 is 2.21 bits per heavy atom. The smallest absolute Gasteiger partial charge is 0.338 e. The maximum absolute atomic E-state index is 13.1. The van der Waals surface area contributed by atoms with Gasteiger partial charge in [0.05, 0.1) is 24.4 Å². The molecule has 1 aliphatic rings. The highest BCUT2D eigenvalue weighted by Crippen LogP contribution is 2.33. The van der Waals surface area contributed by atoms with Gasteiger partial charge in [0.1, 0.15) is 5.75 Å². The number of esters is 1. The Kier molecular flexibility index (Phi) is 6.68. The van der Waals surface area contributed by atoms with E-state index in [4.69, 9.17) is 15.2 Å². The quantitative estimate of drug-likeness (QED) is 0.547. The highest BCUT2D eigenvalue weighted by atomic mass is 16.5. The van der Waals surface area contributed by atoms with E-state index in [1.54, 1.807) is 7.11 Å². The van der Waals surface area contributed by atoms with Crippen molar-refractivity contribution >= 4 is 23.5 Å². The zero-order valence-electron chi connectivity index (χ0n) is 18.5. The molecule has 8 heteroatoms. The van der Waals surface area contributed by atoms with Gasteiger partial charge in [-0.2, -0.15) is 5.10 Å². The molecule has 2 N–H and O–H groups in total. The maximum atomic E-state index is 13.1. The first-order chi connectivity index (χ1) is 16.5. The lowest BCUT2D eigenvalue weighted by molar-refractivity contribution is -0.136. The zero-order valence-corrected chi connectivity index (χ0v) is 18.5. The molecule has 0 spiro atoms. The van der Waals surface area contributed by atoms with Gasteiger partial charge in [-0.1, -0.05) is 42.5 Å². The fraction of sp³-hybridized carbons (Fsp3) is 0.154. The van der Waals surface area contributed by atoms with Gasteiger partial charge in [0, 0.05) is 12.0 Å². The molecule has 0 aliphatic carbocycles. The third-order valence-corrected chi connectivity index (χ3v) is 5.51. The Labute approximate surface area is 196 Å². The van der Waals surface area contributed by atoms with Crippen molar-refractivity contribution in [2.75, 3.05) is 13.7 Å². The fourth-order valence-electron chi connectivity index (χ4n) is 3.68. The van der Waals surface area contributed by atoms with Crippen molar-refractivity contribution in [2.45, 2.75) is 12.5 Å². The van der Waals surface area contributed by atoms with Gasteiger partial charge in [-0.3, -0.25) is 9.59 Å². The normalized spacial score (nSPS) is 14.9. The lowest BCUT2D eigenvalue weighted by Crippen LogP contribution is -2.31. The average molecular weight is 457 g/mol. The van der Waals surface area contributed by atoms with Crippen LogP contribution in [0.2, 0.25) is 0 Å². The summed E-state index contributed by atoms with van der Waals surface area (Å²) in [4.78, 5) is 36.7. The second kappa shape index (κ2) is 9.99. The third kappa shape index (κ3) is 4.96. The van der Waals surface area contributed by atoms with Crippen LogP contribution in [0.5, 0.6) is 5.75 Å². The Bertz CT molecular complexity index is 1220. The van der Waals surface area contributed by atoms with Gasteiger partial charge >= 0.3 is 5.97 Å². The van der Waals surface area contributed by atoms with E-state index in [1.165, 1.54) is 29.3 Å². The van der Waals surface area contributed by atoms with Crippen molar-refractivity contribution in [1.82, 2.24) is 5.01 Å². The predicted octanol–water partition coefficient (Wildman–Crippen LogP) is 3.33. The Balaban J connectivity index is 1.51. The molecule has 8 nitrogen and oxygen atoms in total. The number of nitrogens with zero attached hydrogens (tertiary/aromatic N) is 2. The van der Waals surface area contributed by atoms with Gasteiger partial charge in [-0.25, -0.2) is 9.80 Å². The van der Waals surface area contributed by atoms with Crippen LogP contribution in [0.1, 0.15) is 44.3 Å². The van der Waals surface area contributed by atoms with E-state index in [0.717, 1.165) is 16.8 Å². The minimum atomic E-state index is -0.683. The molecule has 0 saturated heterocycles. The number of methoxy groups -OCH3 is 1. The first kappa shape index (κ1) is 22.7. The van der Waals surface area contributed by atoms with Crippen molar-refractivity contribution in [2.24, 2.45) is 10.8 Å². The van der Waals surface area contributed by atoms with Crippen LogP contribution in [0.25, 0.3) is 0 Å². The van der Waals surface area contributed by atoms with E-state index in [9.17, 15) is 14.4 Å². The number of nitrogens with two attached hydrogens (primary N) is 1. The highest BCUT2D eigenvalue weighted by molar-refractivity contribution is 6.03. The number of hydrogen-bond acceptors (Lipinski definition) is 6. The predicted molar refractivity (Wildman–Crippen MR) is 125 cm³/mol. The molecule has 0 unspecified atom stereocenters. The van der Waals surface area contributed by atoms with Crippen LogP contribution in [-0.2, 0) is 9.53 Å². The fourth-order valence-corrected chi connectivity index (χ4v) is 3.68. The molecule has 3 aromatic carbocycles. The summed E-state index contributed by atoms with van der Waals surface area (Å²) in [6.07, 6.45) is 0.518. The lowest BCUT2D eigenvalue weighted by atomic mass is 9.98. The number of hydrazone groups is 1. The summed E-state index contributed by atoms with van der Waals surface area (Å²) in [5, 5.41) is 5.94. The molecule has 0 saturated carbocycles. The van der Waals surface area contributed by atoms with Crippen LogP contribution < -0.4 is 10.5 Å². The molecule has 4 rings (SSSR count). The summed E-state index contributed by atoms with van der Waals surface area (Å²) < 4.78 is 10.5. The van der Waals surface area contributed by atoms with Crippen molar-refractivity contribution < 1.29 is 23.9 Å². The molecule has 172 valence electrons. The molecule has 3 aromatic rings. The van der Waals surface area contributed by atoms with Crippen molar-refractivity contribution in [1.29, 1.82) is 0 Å². The van der Waals surface area contributed by atoms with Gasteiger partial charge in [-0.05, 0) is 47.5 Å². The van der Waals surface area contributed by atoms with E-state index < -0.39 is 24.4 Å². The number of benzene rings is 3. The summed E-state index contributed by atoms with van der Waals surface area (Å²) in [5.41, 5.74) is 8.27. The molecule has 0 bridgehead atoms. The summed E-state index contributed by atoms with van der Waals surface area (Å²) >= 11 is 0. The maximum Gasteiger partial charge on any atom is 0.338 e. The largest absolute Gasteiger partial charge is 0.497 e. The molecule has 0 fully saturated rings. The van der Waals surface area contributed by atoms with E-state index in [2.05, 4.69) is 5.10 Å². The topological polar surface area (TPSA) is 111 Å². The summed E-state index contributed by atoms with van der Waals surface area (Å²) in [5.74, 6) is -1.02. The van der Waals surface area contributed by atoms with Crippen molar-refractivity contribution in [3.8, 4) is 5.75 Å². The minimum absolute atomic E-state index is 0.208. The van der Waals surface area contributed by atoms with Crippen LogP contribution in [0.3, 0.4) is 0 Å². The molecular formula is C26H23N3O5. The second-order valence-electron chi connectivity index (χ2n) is 7.66. The minimum Gasteiger partial charge on any atom is -0.497 e. The lowest BCUT2D eigenvalue weighted by Gasteiger charge is -2.22. The van der Waals surface area contributed by atoms with E-state index in [1.807, 2.05) is 54.6 Å². The van der Waals surface area contributed by atoms with Crippen LogP contribution in [0, 0.1) is 0 Å². The number of hydrogen-bond donors (Lipinski definition) is 1. The van der Waals surface area contributed by atoms with Crippen molar-refractivity contribution in [3.05, 3.63) is 101 Å². The Hall–Kier alpha value is -4.46. The molecule has 1 atom stereocenters. The zero-order chi connectivity index (χ0) is 24.1. The summed E-state index contributed by atoms with van der Waals surface area (Å²) in [6, 6.07) is 22.4. The van der Waals surface area contributed by atoms with Gasteiger partial charge in [0.2, 0.25) is 5.91 Å². The molecule has 1 heterocycles. The standard InChI is InChI=1S/C26H23N3O5/c1-33-21-13-11-18(12-14-21)23-15-22(17-5-3-2-4-6-17)28-29(23)24(30)16-34-26(32)20-9-7-19(8-10-20)25(27)31/h2-14,23H,15-16H2,1H3,(H2,27,31)/t23-/m0/s1. The molecule has 0 aromatic heterocycles. The number of primary amides is 1. The average Bonchev–Trinajstić information content (AvgIpc) is 3.33. The molecule has 1 aliphatic heterocycles. The number of carbonyl (C=O) groups is 3.